The lowest BCUT2D eigenvalue weighted by Gasteiger charge is -2.23. The number of carbonyl (C=O) groups excluding carboxylic acids is 1. The molecule has 6 heteroatoms. The average Bonchev–Trinajstić information content (AvgIpc) is 3.17. The van der Waals surface area contributed by atoms with Crippen LogP contribution in [0.4, 0.5) is 0 Å². The van der Waals surface area contributed by atoms with E-state index >= 15 is 0 Å². The molecule has 1 saturated heterocycles. The Labute approximate surface area is 121 Å². The summed E-state index contributed by atoms with van der Waals surface area (Å²) in [6, 6.07) is 4.01. The van der Waals surface area contributed by atoms with Crippen molar-refractivity contribution < 1.29 is 4.79 Å². The number of nitrogens with zero attached hydrogens (tertiary/aromatic N) is 2. The minimum absolute atomic E-state index is 0.00486. The standard InChI is InChI=1S/C14H18N4OS/c1-9(15)13-17-11(8-20-13)14(19)18-7-3-5-12(18)10-4-2-6-16-10/h2,4,6,8-9,12,16H,3,5,7,15H2,1H3. The fourth-order valence-electron chi connectivity index (χ4n) is 2.63. The third-order valence-electron chi connectivity index (χ3n) is 3.63. The first-order valence-electron chi connectivity index (χ1n) is 6.82. The summed E-state index contributed by atoms with van der Waals surface area (Å²) < 4.78 is 0. The van der Waals surface area contributed by atoms with Gasteiger partial charge < -0.3 is 15.6 Å². The van der Waals surface area contributed by atoms with Gasteiger partial charge in [-0.25, -0.2) is 4.98 Å². The van der Waals surface area contributed by atoms with Crippen LogP contribution in [-0.2, 0) is 0 Å². The Hall–Kier alpha value is -1.66. The van der Waals surface area contributed by atoms with Crippen molar-refractivity contribution in [1.29, 1.82) is 0 Å². The van der Waals surface area contributed by atoms with E-state index in [2.05, 4.69) is 9.97 Å². The van der Waals surface area contributed by atoms with Crippen LogP contribution < -0.4 is 5.73 Å². The van der Waals surface area contributed by atoms with Crippen molar-refractivity contribution in [1.82, 2.24) is 14.9 Å². The van der Waals surface area contributed by atoms with Crippen molar-refractivity contribution in [3.05, 3.63) is 40.1 Å². The second-order valence-corrected chi connectivity index (χ2v) is 6.03. The largest absolute Gasteiger partial charge is 0.363 e. The quantitative estimate of drug-likeness (QED) is 0.912. The molecule has 2 aromatic rings. The topological polar surface area (TPSA) is 75.0 Å². The molecule has 0 radical (unpaired) electrons. The zero-order chi connectivity index (χ0) is 14.1. The zero-order valence-electron chi connectivity index (χ0n) is 11.4. The van der Waals surface area contributed by atoms with Gasteiger partial charge in [0.25, 0.3) is 5.91 Å². The van der Waals surface area contributed by atoms with E-state index < -0.39 is 0 Å². The summed E-state index contributed by atoms with van der Waals surface area (Å²) in [5, 5.41) is 2.62. The Kier molecular flexibility index (Phi) is 3.58. The van der Waals surface area contributed by atoms with Crippen molar-refractivity contribution in [3.63, 3.8) is 0 Å². The molecule has 0 bridgehead atoms. The van der Waals surface area contributed by atoms with Crippen molar-refractivity contribution in [2.24, 2.45) is 5.73 Å². The molecule has 5 nitrogen and oxygen atoms in total. The van der Waals surface area contributed by atoms with Crippen molar-refractivity contribution in [2.45, 2.75) is 31.8 Å². The summed E-state index contributed by atoms with van der Waals surface area (Å²) in [6.45, 7) is 2.66. The van der Waals surface area contributed by atoms with E-state index in [1.165, 1.54) is 11.3 Å². The summed E-state index contributed by atoms with van der Waals surface area (Å²) in [4.78, 5) is 22.1. The lowest BCUT2D eigenvalue weighted by Crippen LogP contribution is -2.31. The average molecular weight is 290 g/mol. The normalized spacial score (nSPS) is 20.3. The Morgan fingerprint density at radius 3 is 3.15 bits per heavy atom. The molecule has 3 N–H and O–H groups in total. The van der Waals surface area contributed by atoms with Gasteiger partial charge in [-0.15, -0.1) is 11.3 Å². The first-order valence-corrected chi connectivity index (χ1v) is 7.70. The van der Waals surface area contributed by atoms with Gasteiger partial charge >= 0.3 is 0 Å². The highest BCUT2D eigenvalue weighted by Crippen LogP contribution is 2.32. The van der Waals surface area contributed by atoms with Crippen LogP contribution in [0.15, 0.2) is 23.7 Å². The molecule has 3 heterocycles. The second-order valence-electron chi connectivity index (χ2n) is 5.14. The molecule has 1 fully saturated rings. The predicted octanol–water partition coefficient (Wildman–Crippen LogP) is 2.47. The number of aromatic nitrogens is 2. The summed E-state index contributed by atoms with van der Waals surface area (Å²) in [5.74, 6) is 0.00486. The minimum atomic E-state index is -0.126. The number of H-pyrrole nitrogens is 1. The smallest absolute Gasteiger partial charge is 0.273 e. The van der Waals surface area contributed by atoms with Crippen LogP contribution in [0, 0.1) is 0 Å². The number of aromatic amines is 1. The maximum atomic E-state index is 12.6. The van der Waals surface area contributed by atoms with Gasteiger partial charge in [0.05, 0.1) is 12.1 Å². The van der Waals surface area contributed by atoms with Crippen LogP contribution in [0.25, 0.3) is 0 Å². The van der Waals surface area contributed by atoms with Crippen molar-refractivity contribution in [3.8, 4) is 0 Å². The number of nitrogens with one attached hydrogen (secondary N) is 1. The maximum absolute atomic E-state index is 12.6. The molecule has 1 aliphatic rings. The molecule has 1 amide bonds. The first-order chi connectivity index (χ1) is 9.66. The van der Waals surface area contributed by atoms with Gasteiger partial charge in [-0.3, -0.25) is 4.79 Å². The Balaban J connectivity index is 1.82. The third-order valence-corrected chi connectivity index (χ3v) is 4.67. The molecule has 106 valence electrons. The Bertz CT molecular complexity index is 590. The van der Waals surface area contributed by atoms with Crippen LogP contribution in [0.3, 0.4) is 0 Å². The Morgan fingerprint density at radius 1 is 1.65 bits per heavy atom. The summed E-state index contributed by atoms with van der Waals surface area (Å²) in [7, 11) is 0. The van der Waals surface area contributed by atoms with Gasteiger partial charge in [0.1, 0.15) is 10.7 Å². The molecule has 2 atom stereocenters. The van der Waals surface area contributed by atoms with E-state index in [-0.39, 0.29) is 18.0 Å². The fraction of sp³-hybridized carbons (Fsp3) is 0.429. The van der Waals surface area contributed by atoms with E-state index in [0.717, 1.165) is 30.1 Å². The lowest BCUT2D eigenvalue weighted by molar-refractivity contribution is 0.0728. The molecule has 2 unspecified atom stereocenters. The van der Waals surface area contributed by atoms with Gasteiger partial charge in [0.15, 0.2) is 0 Å². The van der Waals surface area contributed by atoms with Crippen LogP contribution in [-0.4, -0.2) is 27.3 Å². The number of likely N-dealkylation sites (tertiary alicyclic amines) is 1. The monoisotopic (exact) mass is 290 g/mol. The van der Waals surface area contributed by atoms with E-state index in [1.54, 1.807) is 0 Å². The molecule has 2 aromatic heterocycles. The highest BCUT2D eigenvalue weighted by molar-refractivity contribution is 7.09. The van der Waals surface area contributed by atoms with Gasteiger partial charge in [-0.2, -0.15) is 0 Å². The number of carbonyl (C=O) groups is 1. The molecule has 0 saturated carbocycles. The molecule has 0 aromatic carbocycles. The second kappa shape index (κ2) is 5.38. The van der Waals surface area contributed by atoms with E-state index in [4.69, 9.17) is 5.73 Å². The van der Waals surface area contributed by atoms with Crippen molar-refractivity contribution in [2.75, 3.05) is 6.54 Å². The van der Waals surface area contributed by atoms with Crippen LogP contribution >= 0.6 is 11.3 Å². The number of hydrogen-bond acceptors (Lipinski definition) is 4. The molecule has 3 rings (SSSR count). The number of hydrogen-bond donors (Lipinski definition) is 2. The van der Waals surface area contributed by atoms with E-state index in [9.17, 15) is 4.79 Å². The number of thiazole rings is 1. The van der Waals surface area contributed by atoms with Gasteiger partial charge in [-0.1, -0.05) is 0 Å². The maximum Gasteiger partial charge on any atom is 0.273 e. The molecular formula is C14H18N4OS. The molecular weight excluding hydrogens is 272 g/mol. The van der Waals surface area contributed by atoms with E-state index in [1.807, 2.05) is 35.5 Å². The lowest BCUT2D eigenvalue weighted by atomic mass is 10.1. The summed E-state index contributed by atoms with van der Waals surface area (Å²) in [6.07, 6.45) is 3.92. The first kappa shape index (κ1) is 13.3. The van der Waals surface area contributed by atoms with E-state index in [0.29, 0.717) is 5.69 Å². The highest BCUT2D eigenvalue weighted by Gasteiger charge is 2.32. The number of amides is 1. The van der Waals surface area contributed by atoms with Gasteiger partial charge in [0, 0.05) is 23.8 Å². The highest BCUT2D eigenvalue weighted by atomic mass is 32.1. The summed E-state index contributed by atoms with van der Waals surface area (Å²) in [5.41, 5.74) is 7.41. The van der Waals surface area contributed by atoms with Gasteiger partial charge in [-0.05, 0) is 31.9 Å². The van der Waals surface area contributed by atoms with Crippen molar-refractivity contribution >= 4 is 17.2 Å². The zero-order valence-corrected chi connectivity index (χ0v) is 12.2. The third kappa shape index (κ3) is 2.36. The summed E-state index contributed by atoms with van der Waals surface area (Å²) >= 11 is 1.45. The minimum Gasteiger partial charge on any atom is -0.363 e. The molecule has 1 aliphatic heterocycles. The van der Waals surface area contributed by atoms with Crippen LogP contribution in [0.1, 0.15) is 53.0 Å². The number of nitrogens with two attached hydrogens (primary N) is 1. The SMILES string of the molecule is CC(N)c1nc(C(=O)N2CCCC2c2ccc[nH]2)cs1. The fourth-order valence-corrected chi connectivity index (χ4v) is 3.38. The Morgan fingerprint density at radius 2 is 2.50 bits per heavy atom. The van der Waals surface area contributed by atoms with Crippen LogP contribution in [0.2, 0.25) is 0 Å². The molecule has 0 spiro atoms. The molecule has 0 aliphatic carbocycles. The number of rotatable bonds is 3. The van der Waals surface area contributed by atoms with Crippen LogP contribution in [0.5, 0.6) is 0 Å². The molecule has 20 heavy (non-hydrogen) atoms. The predicted molar refractivity (Wildman–Crippen MR) is 78.5 cm³/mol. The van der Waals surface area contributed by atoms with Gasteiger partial charge in [0.2, 0.25) is 0 Å².